The number of Topliss-reactive ketones (excluding diaryl/α,β-unsaturated/α-hetero) is 1. The van der Waals surface area contributed by atoms with Gasteiger partial charge in [0.1, 0.15) is 17.6 Å². The molecule has 7 nitrogen and oxygen atoms in total. The molecule has 180 valence electrons. The summed E-state index contributed by atoms with van der Waals surface area (Å²) in [6.07, 6.45) is 2.66. The number of hydrogen-bond acceptors (Lipinski definition) is 5. The Bertz CT molecular complexity index is 1280. The fraction of sp³-hybridized carbons (Fsp3) is 0.286. The molecule has 1 aliphatic heterocycles. The van der Waals surface area contributed by atoms with Crippen molar-refractivity contribution < 1.29 is 18.7 Å². The first kappa shape index (κ1) is 22.8. The van der Waals surface area contributed by atoms with E-state index in [-0.39, 0.29) is 17.2 Å². The van der Waals surface area contributed by atoms with Gasteiger partial charge in [-0.25, -0.2) is 4.79 Å². The van der Waals surface area contributed by atoms with Crippen molar-refractivity contribution >= 4 is 28.9 Å². The lowest BCUT2D eigenvalue weighted by Crippen LogP contribution is -2.41. The molecule has 2 aliphatic rings. The van der Waals surface area contributed by atoms with E-state index < -0.39 is 6.04 Å². The van der Waals surface area contributed by atoms with E-state index in [9.17, 15) is 9.59 Å². The number of ketones is 1. The summed E-state index contributed by atoms with van der Waals surface area (Å²) in [6.45, 7) is 6.67. The molecule has 0 unspecified atom stereocenters. The van der Waals surface area contributed by atoms with Crippen LogP contribution in [0.3, 0.4) is 0 Å². The summed E-state index contributed by atoms with van der Waals surface area (Å²) >= 11 is 0. The molecule has 2 aromatic carbocycles. The SMILES string of the molecule is CCOc1ccc(NC(=O)N2c3ccccc3NC3=C(C(=O)CC(C)(C)C3)[C@H]2c2ccco2)cc1. The highest BCUT2D eigenvalue weighted by Crippen LogP contribution is 2.48. The summed E-state index contributed by atoms with van der Waals surface area (Å²) in [5.41, 5.74) is 3.26. The number of amides is 2. The largest absolute Gasteiger partial charge is 0.494 e. The van der Waals surface area contributed by atoms with Crippen molar-refractivity contribution in [3.63, 3.8) is 0 Å². The number of allylic oxidation sites excluding steroid dienone is 1. The molecule has 1 aliphatic carbocycles. The van der Waals surface area contributed by atoms with E-state index >= 15 is 0 Å². The number of nitrogens with zero attached hydrogens (tertiary/aromatic N) is 1. The second kappa shape index (κ2) is 8.98. The van der Waals surface area contributed by atoms with Crippen LogP contribution in [0.5, 0.6) is 5.75 Å². The Balaban J connectivity index is 1.62. The van der Waals surface area contributed by atoms with Gasteiger partial charge in [0.05, 0.1) is 24.2 Å². The van der Waals surface area contributed by atoms with E-state index in [0.717, 1.165) is 17.1 Å². The zero-order chi connectivity index (χ0) is 24.6. The molecule has 5 rings (SSSR count). The number of para-hydroxylation sites is 2. The van der Waals surface area contributed by atoms with E-state index in [2.05, 4.69) is 24.5 Å². The Hall–Kier alpha value is -4.00. The number of carbonyl (C=O) groups is 2. The van der Waals surface area contributed by atoms with Crippen LogP contribution in [0, 0.1) is 5.41 Å². The van der Waals surface area contributed by atoms with Crippen molar-refractivity contribution in [3.05, 3.63) is 84.0 Å². The van der Waals surface area contributed by atoms with Gasteiger partial charge < -0.3 is 19.8 Å². The fourth-order valence-corrected chi connectivity index (χ4v) is 4.91. The van der Waals surface area contributed by atoms with E-state index in [0.29, 0.717) is 42.2 Å². The number of hydrogen-bond donors (Lipinski definition) is 2. The molecular formula is C28H29N3O4. The molecule has 7 heteroatoms. The maximum atomic E-state index is 13.9. The minimum Gasteiger partial charge on any atom is -0.494 e. The van der Waals surface area contributed by atoms with Gasteiger partial charge in [-0.05, 0) is 67.3 Å². The molecule has 0 fully saturated rings. The Labute approximate surface area is 204 Å². The van der Waals surface area contributed by atoms with Crippen molar-refractivity contribution in [1.82, 2.24) is 0 Å². The second-order valence-corrected chi connectivity index (χ2v) is 9.65. The number of ether oxygens (including phenoxy) is 1. The predicted octanol–water partition coefficient (Wildman–Crippen LogP) is 6.53. The molecule has 2 heterocycles. The first-order chi connectivity index (χ1) is 16.9. The summed E-state index contributed by atoms with van der Waals surface area (Å²) in [4.78, 5) is 29.1. The second-order valence-electron chi connectivity index (χ2n) is 9.65. The van der Waals surface area contributed by atoms with Crippen LogP contribution < -0.4 is 20.3 Å². The van der Waals surface area contributed by atoms with Crippen molar-refractivity contribution in [1.29, 1.82) is 0 Å². The van der Waals surface area contributed by atoms with Gasteiger partial charge in [-0.15, -0.1) is 0 Å². The number of fused-ring (bicyclic) bond motifs is 1. The van der Waals surface area contributed by atoms with Gasteiger partial charge in [0.25, 0.3) is 0 Å². The molecule has 3 aromatic rings. The van der Waals surface area contributed by atoms with E-state index in [4.69, 9.17) is 9.15 Å². The maximum absolute atomic E-state index is 13.9. The van der Waals surface area contributed by atoms with Crippen LogP contribution in [0.15, 0.2) is 82.6 Å². The molecule has 2 N–H and O–H groups in total. The van der Waals surface area contributed by atoms with Crippen LogP contribution in [0.4, 0.5) is 21.9 Å². The van der Waals surface area contributed by atoms with Gasteiger partial charge in [-0.2, -0.15) is 0 Å². The standard InChI is InChI=1S/C28H29N3O4/c1-4-34-19-13-11-18(12-14-19)29-27(33)31-22-9-6-5-8-20(22)30-21-16-28(2,3)17-23(32)25(21)26(31)24-10-7-15-35-24/h5-15,26,30H,4,16-17H2,1-3H3,(H,29,33)/t26-/m1/s1. The first-order valence-corrected chi connectivity index (χ1v) is 11.8. The average molecular weight is 472 g/mol. The van der Waals surface area contributed by atoms with Crippen LogP contribution >= 0.6 is 0 Å². The van der Waals surface area contributed by atoms with Gasteiger partial charge in [0.2, 0.25) is 0 Å². The predicted molar refractivity (Wildman–Crippen MR) is 136 cm³/mol. The molecule has 1 atom stereocenters. The number of urea groups is 1. The molecule has 0 bridgehead atoms. The fourth-order valence-electron chi connectivity index (χ4n) is 4.91. The Morgan fingerprint density at radius 3 is 2.60 bits per heavy atom. The minimum atomic E-state index is -0.706. The van der Waals surface area contributed by atoms with Crippen LogP contribution in [0.1, 0.15) is 45.4 Å². The smallest absolute Gasteiger partial charge is 0.327 e. The highest BCUT2D eigenvalue weighted by atomic mass is 16.5. The van der Waals surface area contributed by atoms with Gasteiger partial charge in [0.15, 0.2) is 5.78 Å². The summed E-state index contributed by atoms with van der Waals surface area (Å²) in [6, 6.07) is 17.3. The van der Waals surface area contributed by atoms with Crippen LogP contribution in [0.25, 0.3) is 0 Å². The number of benzene rings is 2. The average Bonchev–Trinajstić information content (AvgIpc) is 3.29. The summed E-state index contributed by atoms with van der Waals surface area (Å²) < 4.78 is 11.3. The van der Waals surface area contributed by atoms with Crippen LogP contribution in [-0.2, 0) is 4.79 Å². The topological polar surface area (TPSA) is 83.8 Å². The van der Waals surface area contributed by atoms with Crippen molar-refractivity contribution in [2.75, 3.05) is 22.1 Å². The maximum Gasteiger partial charge on any atom is 0.327 e. The molecule has 0 spiro atoms. The van der Waals surface area contributed by atoms with Gasteiger partial charge in [-0.3, -0.25) is 9.69 Å². The number of anilines is 3. The van der Waals surface area contributed by atoms with Crippen molar-refractivity contribution in [2.24, 2.45) is 5.41 Å². The zero-order valence-corrected chi connectivity index (χ0v) is 20.1. The third kappa shape index (κ3) is 4.41. The Kier molecular flexibility index (Phi) is 5.84. The van der Waals surface area contributed by atoms with Crippen molar-refractivity contribution in [3.8, 4) is 5.75 Å². The molecule has 0 saturated carbocycles. The lowest BCUT2D eigenvalue weighted by Gasteiger charge is -2.36. The monoisotopic (exact) mass is 471 g/mol. The normalized spacial score (nSPS) is 18.8. The molecule has 35 heavy (non-hydrogen) atoms. The van der Waals surface area contributed by atoms with Gasteiger partial charge in [-0.1, -0.05) is 26.0 Å². The molecule has 1 aromatic heterocycles. The van der Waals surface area contributed by atoms with E-state index in [1.165, 1.54) is 0 Å². The Morgan fingerprint density at radius 2 is 1.89 bits per heavy atom. The molecule has 0 saturated heterocycles. The lowest BCUT2D eigenvalue weighted by molar-refractivity contribution is -0.118. The Morgan fingerprint density at radius 1 is 1.11 bits per heavy atom. The quantitative estimate of drug-likeness (QED) is 0.452. The van der Waals surface area contributed by atoms with Gasteiger partial charge in [0, 0.05) is 23.4 Å². The number of rotatable bonds is 4. The number of furan rings is 1. The lowest BCUT2D eigenvalue weighted by atomic mass is 9.74. The molecular weight excluding hydrogens is 442 g/mol. The van der Waals surface area contributed by atoms with E-state index in [1.54, 1.807) is 29.4 Å². The summed E-state index contributed by atoms with van der Waals surface area (Å²) in [5.74, 6) is 1.27. The third-order valence-electron chi connectivity index (χ3n) is 6.35. The highest BCUT2D eigenvalue weighted by molar-refractivity contribution is 6.09. The van der Waals surface area contributed by atoms with E-state index in [1.807, 2.05) is 49.4 Å². The summed E-state index contributed by atoms with van der Waals surface area (Å²) in [7, 11) is 0. The van der Waals surface area contributed by atoms with Crippen LogP contribution in [0.2, 0.25) is 0 Å². The number of nitrogens with one attached hydrogen (secondary N) is 2. The minimum absolute atomic E-state index is 0.0109. The van der Waals surface area contributed by atoms with Gasteiger partial charge >= 0.3 is 6.03 Å². The van der Waals surface area contributed by atoms with Crippen molar-refractivity contribution in [2.45, 2.75) is 39.7 Å². The first-order valence-electron chi connectivity index (χ1n) is 11.8. The third-order valence-corrected chi connectivity index (χ3v) is 6.35. The number of carbonyl (C=O) groups excluding carboxylic acids is 2. The highest BCUT2D eigenvalue weighted by Gasteiger charge is 2.44. The van der Waals surface area contributed by atoms with Crippen LogP contribution in [-0.4, -0.2) is 18.4 Å². The molecule has 0 radical (unpaired) electrons. The summed E-state index contributed by atoms with van der Waals surface area (Å²) in [5, 5.41) is 6.48. The molecule has 2 amide bonds. The zero-order valence-electron chi connectivity index (χ0n) is 20.1.